The van der Waals surface area contributed by atoms with Gasteiger partial charge in [-0.25, -0.2) is 4.79 Å². The molecule has 4 nitrogen and oxygen atoms in total. The van der Waals surface area contributed by atoms with Gasteiger partial charge in [-0.3, -0.25) is 4.79 Å². The fraction of sp³-hybridized carbons (Fsp3) is 0.333. The molecule has 0 N–H and O–H groups in total. The summed E-state index contributed by atoms with van der Waals surface area (Å²) in [6.07, 6.45) is 0.268. The number of cyclic esters (lactones) is 1. The molecule has 1 saturated heterocycles. The molecule has 0 aliphatic carbocycles. The molecule has 0 bridgehead atoms. The van der Waals surface area contributed by atoms with Gasteiger partial charge in [-0.1, -0.05) is 36.9 Å². The lowest BCUT2D eigenvalue weighted by molar-refractivity contribution is -0.149. The van der Waals surface area contributed by atoms with E-state index in [-0.39, 0.29) is 18.0 Å². The van der Waals surface area contributed by atoms with E-state index in [1.54, 1.807) is 0 Å². The zero-order valence-corrected chi connectivity index (χ0v) is 10.8. The Morgan fingerprint density at radius 3 is 2.68 bits per heavy atom. The van der Waals surface area contributed by atoms with Crippen LogP contribution in [0, 0.1) is 0 Å². The van der Waals surface area contributed by atoms with E-state index in [9.17, 15) is 9.59 Å². The highest BCUT2D eigenvalue weighted by Crippen LogP contribution is 2.30. The van der Waals surface area contributed by atoms with Crippen molar-refractivity contribution >= 4 is 11.9 Å². The number of hydrogen-bond acceptors (Lipinski definition) is 4. The van der Waals surface area contributed by atoms with Crippen LogP contribution in [-0.2, 0) is 19.1 Å². The van der Waals surface area contributed by atoms with Crippen LogP contribution in [0.1, 0.15) is 31.4 Å². The Morgan fingerprint density at radius 2 is 2.16 bits per heavy atom. The van der Waals surface area contributed by atoms with Crippen molar-refractivity contribution in [3.63, 3.8) is 0 Å². The van der Waals surface area contributed by atoms with Crippen LogP contribution >= 0.6 is 0 Å². The second-order valence-corrected chi connectivity index (χ2v) is 4.58. The summed E-state index contributed by atoms with van der Waals surface area (Å²) in [4.78, 5) is 22.5. The fourth-order valence-corrected chi connectivity index (χ4v) is 2.13. The van der Waals surface area contributed by atoms with Gasteiger partial charge in [0.25, 0.3) is 0 Å². The van der Waals surface area contributed by atoms with Crippen molar-refractivity contribution in [2.45, 2.75) is 32.0 Å². The zero-order valence-electron chi connectivity index (χ0n) is 10.8. The third kappa shape index (κ3) is 3.44. The molecule has 100 valence electrons. The molecular weight excluding hydrogens is 244 g/mol. The number of benzene rings is 1. The van der Waals surface area contributed by atoms with E-state index in [0.29, 0.717) is 18.4 Å². The van der Waals surface area contributed by atoms with Crippen LogP contribution in [0.25, 0.3) is 0 Å². The van der Waals surface area contributed by atoms with Crippen molar-refractivity contribution in [3.05, 3.63) is 48.0 Å². The van der Waals surface area contributed by atoms with E-state index < -0.39 is 6.10 Å². The average Bonchev–Trinajstić information content (AvgIpc) is 2.68. The van der Waals surface area contributed by atoms with Gasteiger partial charge in [0.2, 0.25) is 0 Å². The highest BCUT2D eigenvalue weighted by Gasteiger charge is 2.31. The summed E-state index contributed by atoms with van der Waals surface area (Å²) in [5.41, 5.74) is 1.37. The predicted octanol–water partition coefficient (Wildman–Crippen LogP) is 2.55. The van der Waals surface area contributed by atoms with E-state index in [1.807, 2.05) is 30.3 Å². The lowest BCUT2D eigenvalue weighted by Crippen LogP contribution is -2.16. The average molecular weight is 260 g/mol. The van der Waals surface area contributed by atoms with E-state index in [1.165, 1.54) is 6.92 Å². The lowest BCUT2D eigenvalue weighted by atomic mass is 10.0. The molecule has 2 atom stereocenters. The molecule has 0 spiro atoms. The monoisotopic (exact) mass is 260 g/mol. The van der Waals surface area contributed by atoms with Gasteiger partial charge in [-0.15, -0.1) is 0 Å². The van der Waals surface area contributed by atoms with Gasteiger partial charge in [-0.05, 0) is 5.56 Å². The first-order valence-electron chi connectivity index (χ1n) is 6.17. The predicted molar refractivity (Wildman–Crippen MR) is 69.2 cm³/mol. The highest BCUT2D eigenvalue weighted by molar-refractivity contribution is 5.89. The van der Waals surface area contributed by atoms with Crippen LogP contribution in [0.4, 0.5) is 0 Å². The van der Waals surface area contributed by atoms with Crippen LogP contribution in [0.3, 0.4) is 0 Å². The molecule has 0 amide bonds. The zero-order chi connectivity index (χ0) is 13.8. The third-order valence-electron chi connectivity index (χ3n) is 2.99. The van der Waals surface area contributed by atoms with Crippen molar-refractivity contribution in [2.75, 3.05) is 0 Å². The van der Waals surface area contributed by atoms with E-state index in [4.69, 9.17) is 9.47 Å². The van der Waals surface area contributed by atoms with Gasteiger partial charge in [0.15, 0.2) is 0 Å². The molecule has 0 saturated carbocycles. The Balaban J connectivity index is 2.09. The quantitative estimate of drug-likeness (QED) is 0.616. The van der Waals surface area contributed by atoms with E-state index in [0.717, 1.165) is 5.56 Å². The Labute approximate surface area is 112 Å². The van der Waals surface area contributed by atoms with Crippen molar-refractivity contribution in [1.82, 2.24) is 0 Å². The molecule has 2 rings (SSSR count). The number of carbonyl (C=O) groups is 2. The molecule has 1 aromatic rings. The minimum Gasteiger partial charge on any atom is -0.459 e. The van der Waals surface area contributed by atoms with Crippen molar-refractivity contribution in [1.29, 1.82) is 0 Å². The molecule has 0 radical (unpaired) electrons. The van der Waals surface area contributed by atoms with Crippen LogP contribution in [-0.4, -0.2) is 18.0 Å². The molecule has 1 fully saturated rings. The maximum absolute atomic E-state index is 11.3. The number of hydrogen-bond donors (Lipinski definition) is 0. The Morgan fingerprint density at radius 1 is 1.47 bits per heavy atom. The largest absolute Gasteiger partial charge is 0.459 e. The minimum atomic E-state index is -0.401. The minimum absolute atomic E-state index is 0.274. The maximum Gasteiger partial charge on any atom is 0.333 e. The molecule has 0 aromatic heterocycles. The number of ether oxygens (including phenoxy) is 2. The van der Waals surface area contributed by atoms with Gasteiger partial charge >= 0.3 is 11.9 Å². The summed E-state index contributed by atoms with van der Waals surface area (Å²) in [5, 5.41) is 0. The Kier molecular flexibility index (Phi) is 4.00. The van der Waals surface area contributed by atoms with Gasteiger partial charge in [0, 0.05) is 25.3 Å². The lowest BCUT2D eigenvalue weighted by Gasteiger charge is -2.20. The fourth-order valence-electron chi connectivity index (χ4n) is 2.13. The summed E-state index contributed by atoms with van der Waals surface area (Å²) < 4.78 is 10.5. The molecule has 1 aromatic carbocycles. The third-order valence-corrected chi connectivity index (χ3v) is 2.99. The number of rotatable bonds is 4. The van der Waals surface area contributed by atoms with Gasteiger partial charge < -0.3 is 9.47 Å². The summed E-state index contributed by atoms with van der Waals surface area (Å²) >= 11 is 0. The van der Waals surface area contributed by atoms with Gasteiger partial charge in [0.05, 0.1) is 0 Å². The van der Waals surface area contributed by atoms with Gasteiger partial charge in [-0.2, -0.15) is 0 Å². The van der Waals surface area contributed by atoms with Crippen LogP contribution < -0.4 is 0 Å². The van der Waals surface area contributed by atoms with Gasteiger partial charge in [0.1, 0.15) is 12.2 Å². The SMILES string of the molecule is C=C1C[C@@H](C[C@@H](OC(C)=O)c2ccccc2)OC1=O. The molecule has 1 aliphatic rings. The van der Waals surface area contributed by atoms with Crippen LogP contribution in [0.5, 0.6) is 0 Å². The summed E-state index contributed by atoms with van der Waals surface area (Å²) in [6.45, 7) is 5.01. The van der Waals surface area contributed by atoms with Crippen molar-refractivity contribution < 1.29 is 19.1 Å². The molecule has 1 aliphatic heterocycles. The summed E-state index contributed by atoms with van der Waals surface area (Å²) in [5.74, 6) is -0.711. The first-order valence-corrected chi connectivity index (χ1v) is 6.17. The first kappa shape index (κ1) is 13.3. The summed E-state index contributed by atoms with van der Waals surface area (Å²) in [6, 6.07) is 9.43. The topological polar surface area (TPSA) is 52.6 Å². The molecule has 1 heterocycles. The molecule has 19 heavy (non-hydrogen) atoms. The van der Waals surface area contributed by atoms with E-state index in [2.05, 4.69) is 6.58 Å². The second kappa shape index (κ2) is 5.69. The van der Waals surface area contributed by atoms with Crippen molar-refractivity contribution in [2.24, 2.45) is 0 Å². The number of carbonyl (C=O) groups excluding carboxylic acids is 2. The summed E-state index contributed by atoms with van der Waals surface area (Å²) in [7, 11) is 0. The first-order chi connectivity index (χ1) is 9.06. The maximum atomic E-state index is 11.3. The number of esters is 2. The standard InChI is InChI=1S/C15H16O4/c1-10-8-13(19-15(10)17)9-14(18-11(2)16)12-6-4-3-5-7-12/h3-7,13-14H,1,8-9H2,2H3/t13-,14+/m0/s1. The molecule has 4 heteroatoms. The van der Waals surface area contributed by atoms with Crippen LogP contribution in [0.15, 0.2) is 42.5 Å². The Hall–Kier alpha value is -2.10. The Bertz CT molecular complexity index is 476. The molecular formula is C15H16O4. The second-order valence-electron chi connectivity index (χ2n) is 4.58. The highest BCUT2D eigenvalue weighted by atomic mass is 16.6. The normalized spacial score (nSPS) is 19.9. The van der Waals surface area contributed by atoms with E-state index >= 15 is 0 Å². The van der Waals surface area contributed by atoms with Crippen LogP contribution in [0.2, 0.25) is 0 Å². The smallest absolute Gasteiger partial charge is 0.333 e. The van der Waals surface area contributed by atoms with Crippen molar-refractivity contribution in [3.8, 4) is 0 Å². The molecule has 0 unspecified atom stereocenters.